The molecule has 0 amide bonds. The van der Waals surface area contributed by atoms with Gasteiger partial charge in [0, 0.05) is 39.8 Å². The van der Waals surface area contributed by atoms with E-state index in [0.717, 1.165) is 72.4 Å². The number of rotatable bonds is 6. The number of para-hydroxylation sites is 6. The Kier molecular flexibility index (Phi) is 6.92. The van der Waals surface area contributed by atoms with Crippen LogP contribution in [0.3, 0.4) is 0 Å². The van der Waals surface area contributed by atoms with E-state index < -0.39 is 0 Å². The van der Waals surface area contributed by atoms with Gasteiger partial charge in [0.2, 0.25) is 0 Å². The number of aromatic nitrogens is 1. The van der Waals surface area contributed by atoms with Crippen molar-refractivity contribution >= 4 is 57.3 Å². The third kappa shape index (κ3) is 4.77. The fourth-order valence-electron chi connectivity index (χ4n) is 6.72. The van der Waals surface area contributed by atoms with Crippen molar-refractivity contribution in [1.82, 2.24) is 4.57 Å². The lowest BCUT2D eigenvalue weighted by Crippen LogP contribution is -2.36. The molecular formula is C42H33N5. The van der Waals surface area contributed by atoms with Crippen LogP contribution in [0.15, 0.2) is 158 Å². The Bertz CT molecular complexity index is 2370. The summed E-state index contributed by atoms with van der Waals surface area (Å²) in [4.78, 5) is 4.46. The molecule has 0 radical (unpaired) electrons. The van der Waals surface area contributed by atoms with E-state index in [2.05, 4.69) is 99.8 Å². The lowest BCUT2D eigenvalue weighted by molar-refractivity contribution is 0.976. The summed E-state index contributed by atoms with van der Waals surface area (Å²) in [5.74, 6) is 0. The molecule has 1 aliphatic heterocycles. The number of anilines is 5. The molecule has 0 aliphatic carbocycles. The van der Waals surface area contributed by atoms with Gasteiger partial charge in [0.05, 0.1) is 39.3 Å². The molecule has 7 aromatic rings. The molecule has 0 saturated carbocycles. The molecule has 5 nitrogen and oxygen atoms in total. The van der Waals surface area contributed by atoms with E-state index in [9.17, 15) is 5.41 Å². The molecule has 1 aliphatic rings. The zero-order chi connectivity index (χ0) is 31.9. The van der Waals surface area contributed by atoms with Crippen LogP contribution in [0.2, 0.25) is 0 Å². The van der Waals surface area contributed by atoms with Crippen molar-refractivity contribution in [3.05, 3.63) is 179 Å². The highest BCUT2D eigenvalue weighted by Crippen LogP contribution is 2.41. The smallest absolute Gasteiger partial charge is 0.0968 e. The van der Waals surface area contributed by atoms with Crippen LogP contribution in [0.5, 0.6) is 0 Å². The van der Waals surface area contributed by atoms with Crippen LogP contribution >= 0.6 is 0 Å². The second kappa shape index (κ2) is 11.5. The highest BCUT2D eigenvalue weighted by atomic mass is 15.2. The van der Waals surface area contributed by atoms with E-state index in [1.54, 1.807) is 0 Å². The molecular weight excluding hydrogens is 574 g/mol. The first-order chi connectivity index (χ1) is 23.1. The highest BCUT2D eigenvalue weighted by molar-refractivity contribution is 6.36. The Morgan fingerprint density at radius 1 is 0.638 bits per heavy atom. The normalized spacial score (nSPS) is 13.6. The predicted octanol–water partition coefficient (Wildman–Crippen LogP) is 8.29. The first kappa shape index (κ1) is 28.2. The molecule has 0 saturated heterocycles. The van der Waals surface area contributed by atoms with Crippen molar-refractivity contribution in [3.8, 4) is 5.69 Å². The monoisotopic (exact) mass is 607 g/mol. The Hall–Kier alpha value is -6.33. The minimum atomic E-state index is 0.476. The Morgan fingerprint density at radius 3 is 2.04 bits per heavy atom. The number of nitrogens with zero attached hydrogens (tertiary/aromatic N) is 3. The van der Waals surface area contributed by atoms with Gasteiger partial charge < -0.3 is 20.1 Å². The second-order valence-electron chi connectivity index (χ2n) is 11.7. The fourth-order valence-corrected chi connectivity index (χ4v) is 6.72. The summed E-state index contributed by atoms with van der Waals surface area (Å²) in [6, 6.07) is 53.8. The number of hydrogen-bond acceptors (Lipinski definition) is 4. The zero-order valence-corrected chi connectivity index (χ0v) is 25.8. The van der Waals surface area contributed by atoms with Crippen LogP contribution in [0.1, 0.15) is 11.1 Å². The Balaban J connectivity index is 1.29. The fraction of sp³-hybridized carbons (Fsp3) is 0.0238. The molecule has 0 atom stereocenters. The van der Waals surface area contributed by atoms with Gasteiger partial charge in [-0.25, -0.2) is 0 Å². The molecule has 1 aromatic heterocycles. The van der Waals surface area contributed by atoms with Gasteiger partial charge in [0.15, 0.2) is 0 Å². The van der Waals surface area contributed by atoms with Gasteiger partial charge in [0.25, 0.3) is 0 Å². The molecule has 8 rings (SSSR count). The lowest BCUT2D eigenvalue weighted by Gasteiger charge is -2.27. The summed E-state index contributed by atoms with van der Waals surface area (Å²) in [5, 5.41) is 12.4. The van der Waals surface area contributed by atoms with E-state index in [1.165, 1.54) is 0 Å². The maximum Gasteiger partial charge on any atom is 0.0968 e. The van der Waals surface area contributed by atoms with Gasteiger partial charge in [-0.15, -0.1) is 0 Å². The van der Waals surface area contributed by atoms with Crippen molar-refractivity contribution in [3.63, 3.8) is 0 Å². The van der Waals surface area contributed by atoms with Crippen molar-refractivity contribution < 1.29 is 0 Å². The molecule has 0 fully saturated rings. The van der Waals surface area contributed by atoms with Crippen LogP contribution in [0.4, 0.5) is 28.4 Å². The molecule has 0 unspecified atom stereocenters. The summed E-state index contributed by atoms with van der Waals surface area (Å²) in [5.41, 5.74) is 16.6. The number of benzene rings is 6. The van der Waals surface area contributed by atoms with Gasteiger partial charge in [-0.05, 0) is 66.2 Å². The molecule has 0 bridgehead atoms. The summed E-state index contributed by atoms with van der Waals surface area (Å²) in [7, 11) is 0. The second-order valence-corrected chi connectivity index (χ2v) is 11.7. The number of hydrogen-bond donors (Lipinski definition) is 2. The average Bonchev–Trinajstić information content (AvgIpc) is 3.58. The zero-order valence-electron chi connectivity index (χ0n) is 25.8. The lowest BCUT2D eigenvalue weighted by atomic mass is 10.1. The van der Waals surface area contributed by atoms with E-state index >= 15 is 0 Å². The van der Waals surface area contributed by atoms with Gasteiger partial charge in [0.1, 0.15) is 0 Å². The number of nitrogens with two attached hydrogens (primary N) is 1. The maximum atomic E-state index is 9.54. The quantitative estimate of drug-likeness (QED) is 0.187. The average molecular weight is 608 g/mol. The third-order valence-electron chi connectivity index (χ3n) is 8.92. The van der Waals surface area contributed by atoms with Gasteiger partial charge in [-0.1, -0.05) is 104 Å². The molecule has 47 heavy (non-hydrogen) atoms. The third-order valence-corrected chi connectivity index (χ3v) is 8.92. The SMILES string of the molecule is C=c1/c(=C2\C(=N)c3ccccc3N2c2ccc(CN(c3ccccc3)c3ccccc3N)cc2)n(-c2ccccc2)c2ccccc12. The van der Waals surface area contributed by atoms with E-state index in [-0.39, 0.29) is 0 Å². The predicted molar refractivity (Wildman–Crippen MR) is 196 cm³/mol. The number of fused-ring (bicyclic) bond motifs is 2. The van der Waals surface area contributed by atoms with Gasteiger partial charge in [-0.2, -0.15) is 0 Å². The molecule has 2 heterocycles. The van der Waals surface area contributed by atoms with Crippen LogP contribution in [0, 0.1) is 5.41 Å². The minimum absolute atomic E-state index is 0.476. The number of nitrogens with one attached hydrogen (secondary N) is 1. The molecule has 3 N–H and O–H groups in total. The van der Waals surface area contributed by atoms with E-state index in [1.807, 2.05) is 78.9 Å². The van der Waals surface area contributed by atoms with Crippen LogP contribution in [-0.4, -0.2) is 10.3 Å². The minimum Gasteiger partial charge on any atom is -0.397 e. The van der Waals surface area contributed by atoms with Crippen LogP contribution in [-0.2, 0) is 6.54 Å². The van der Waals surface area contributed by atoms with Crippen LogP contribution in [0.25, 0.3) is 28.9 Å². The maximum absolute atomic E-state index is 9.54. The van der Waals surface area contributed by atoms with Crippen LogP contribution < -0.4 is 26.1 Å². The largest absolute Gasteiger partial charge is 0.397 e. The summed E-state index contributed by atoms with van der Waals surface area (Å²) >= 11 is 0. The van der Waals surface area contributed by atoms with Crippen molar-refractivity contribution in [2.45, 2.75) is 6.54 Å². The Labute approximate surface area is 273 Å². The van der Waals surface area contributed by atoms with Gasteiger partial charge >= 0.3 is 0 Å². The Morgan fingerprint density at radius 2 is 1.28 bits per heavy atom. The van der Waals surface area contributed by atoms with Crippen molar-refractivity contribution in [2.75, 3.05) is 15.5 Å². The van der Waals surface area contributed by atoms with Gasteiger partial charge in [-0.3, -0.25) is 5.41 Å². The van der Waals surface area contributed by atoms with Crippen molar-refractivity contribution in [2.24, 2.45) is 0 Å². The molecule has 6 aromatic carbocycles. The number of nitrogen functional groups attached to an aromatic ring is 1. The molecule has 226 valence electrons. The van der Waals surface area contributed by atoms with Crippen molar-refractivity contribution in [1.29, 1.82) is 5.41 Å². The molecule has 5 heteroatoms. The summed E-state index contributed by atoms with van der Waals surface area (Å²) in [6.07, 6.45) is 0. The summed E-state index contributed by atoms with van der Waals surface area (Å²) in [6.45, 7) is 5.24. The first-order valence-corrected chi connectivity index (χ1v) is 15.7. The van der Waals surface area contributed by atoms with E-state index in [4.69, 9.17) is 5.73 Å². The standard InChI is InChI=1S/C42H33N5/c1-29-34-18-8-11-21-37(34)46(32-16-6-3-7-17-32)41(29)42-40(44)35-19-9-12-22-38(35)47(42)33-26-24-30(25-27-33)28-45(31-14-4-2-5-15-31)39-23-13-10-20-36(39)43/h2-27,44H,1,28,43H2/b42-41-,44-40?. The van der Waals surface area contributed by atoms with E-state index in [0.29, 0.717) is 12.3 Å². The summed E-state index contributed by atoms with van der Waals surface area (Å²) < 4.78 is 2.25. The highest BCUT2D eigenvalue weighted by Gasteiger charge is 2.32. The molecule has 0 spiro atoms. The topological polar surface area (TPSA) is 61.3 Å². The first-order valence-electron chi connectivity index (χ1n) is 15.7.